The van der Waals surface area contributed by atoms with E-state index in [1.165, 1.54) is 6.26 Å². The molecule has 1 fully saturated rings. The first-order valence-corrected chi connectivity index (χ1v) is 10.9. The van der Waals surface area contributed by atoms with E-state index in [-0.39, 0.29) is 17.9 Å². The molecular formula is C23H30N4O4. The van der Waals surface area contributed by atoms with E-state index in [2.05, 4.69) is 22.5 Å². The second-order valence-electron chi connectivity index (χ2n) is 8.55. The molecule has 8 heteroatoms. The molecule has 0 saturated carbocycles. The van der Waals surface area contributed by atoms with Gasteiger partial charge in [0.15, 0.2) is 5.76 Å². The number of nitrogens with zero attached hydrogens (tertiary/aromatic N) is 3. The Morgan fingerprint density at radius 3 is 2.65 bits per heavy atom. The van der Waals surface area contributed by atoms with Crippen LogP contribution in [0, 0.1) is 13.8 Å². The highest BCUT2D eigenvalue weighted by Gasteiger charge is 2.32. The van der Waals surface area contributed by atoms with Gasteiger partial charge in [0.1, 0.15) is 11.5 Å². The summed E-state index contributed by atoms with van der Waals surface area (Å²) in [6.07, 6.45) is 5.74. The van der Waals surface area contributed by atoms with Gasteiger partial charge in [-0.15, -0.1) is 0 Å². The molecule has 2 aliphatic rings. The van der Waals surface area contributed by atoms with E-state index < -0.39 is 0 Å². The molecule has 3 heterocycles. The minimum absolute atomic E-state index is 0.0844. The number of furan rings is 2. The van der Waals surface area contributed by atoms with Gasteiger partial charge in [-0.25, -0.2) is 5.43 Å². The van der Waals surface area contributed by atoms with Crippen LogP contribution in [0.1, 0.15) is 69.2 Å². The minimum atomic E-state index is -0.315. The molecular weight excluding hydrogens is 396 g/mol. The number of amides is 2. The Hall–Kier alpha value is -2.87. The van der Waals surface area contributed by atoms with Gasteiger partial charge in [-0.2, -0.15) is 5.10 Å². The van der Waals surface area contributed by atoms with Crippen molar-refractivity contribution in [3.05, 3.63) is 46.3 Å². The van der Waals surface area contributed by atoms with Crippen LogP contribution in [0.4, 0.5) is 0 Å². The van der Waals surface area contributed by atoms with Crippen molar-refractivity contribution >= 4 is 17.5 Å². The van der Waals surface area contributed by atoms with Crippen molar-refractivity contribution in [3.8, 4) is 0 Å². The molecule has 2 aromatic heterocycles. The first-order chi connectivity index (χ1) is 14.9. The van der Waals surface area contributed by atoms with Gasteiger partial charge >= 0.3 is 0 Å². The average Bonchev–Trinajstić information content (AvgIpc) is 3.35. The van der Waals surface area contributed by atoms with Gasteiger partial charge < -0.3 is 18.6 Å². The monoisotopic (exact) mass is 426 g/mol. The van der Waals surface area contributed by atoms with Crippen molar-refractivity contribution < 1.29 is 18.4 Å². The molecule has 2 amide bonds. The van der Waals surface area contributed by atoms with Crippen molar-refractivity contribution in [2.75, 3.05) is 27.2 Å². The topological polar surface area (TPSA) is 91.3 Å². The molecule has 166 valence electrons. The number of carbonyl (C=O) groups is 2. The lowest BCUT2D eigenvalue weighted by molar-refractivity contribution is 0.0625. The Labute approximate surface area is 182 Å². The summed E-state index contributed by atoms with van der Waals surface area (Å²) in [4.78, 5) is 29.7. The van der Waals surface area contributed by atoms with Gasteiger partial charge in [0, 0.05) is 30.6 Å². The molecule has 4 rings (SSSR count). The molecule has 0 spiro atoms. The predicted molar refractivity (Wildman–Crippen MR) is 116 cm³/mol. The molecule has 2 aromatic rings. The van der Waals surface area contributed by atoms with Crippen LogP contribution < -0.4 is 5.43 Å². The lowest BCUT2D eigenvalue weighted by atomic mass is 9.93. The van der Waals surface area contributed by atoms with Crippen LogP contribution in [0.3, 0.4) is 0 Å². The van der Waals surface area contributed by atoms with Gasteiger partial charge in [-0.1, -0.05) is 0 Å². The van der Waals surface area contributed by atoms with Gasteiger partial charge in [-0.05, 0) is 65.7 Å². The standard InChI is InChI=1S/C23H30N4O4/c1-14-20-18(24-25-22(28)17-10-13-30-15(17)2)6-5-7-19(20)31-21(14)23(29)27(4)16-8-11-26(3)12-9-16/h10,13,16H,5-9,11-12H2,1-4H3,(H,25,28)/b24-18+. The molecule has 1 saturated heterocycles. The second kappa shape index (κ2) is 8.70. The average molecular weight is 427 g/mol. The molecule has 0 atom stereocenters. The molecule has 31 heavy (non-hydrogen) atoms. The SMILES string of the molecule is Cc1occc1C(=O)N/N=C1\CCCc2oc(C(=O)N(C)C3CCN(C)CC3)c(C)c21. The van der Waals surface area contributed by atoms with Crippen molar-refractivity contribution in [1.29, 1.82) is 0 Å². The summed E-state index contributed by atoms with van der Waals surface area (Å²) in [5.41, 5.74) is 5.49. The predicted octanol–water partition coefficient (Wildman–Crippen LogP) is 3.13. The molecule has 0 aromatic carbocycles. The fraction of sp³-hybridized carbons (Fsp3) is 0.522. The molecule has 0 bridgehead atoms. The third-order valence-electron chi connectivity index (χ3n) is 6.47. The normalized spacial score (nSPS) is 18.8. The van der Waals surface area contributed by atoms with Crippen molar-refractivity contribution in [2.24, 2.45) is 5.10 Å². The zero-order valence-electron chi connectivity index (χ0n) is 18.7. The Bertz CT molecular complexity index is 1010. The van der Waals surface area contributed by atoms with Crippen LogP contribution in [-0.4, -0.2) is 60.6 Å². The summed E-state index contributed by atoms with van der Waals surface area (Å²) < 4.78 is 11.2. The summed E-state index contributed by atoms with van der Waals surface area (Å²) in [5.74, 6) is 1.31. The fourth-order valence-electron chi connectivity index (χ4n) is 4.49. The van der Waals surface area contributed by atoms with E-state index in [0.717, 1.165) is 67.8 Å². The first-order valence-electron chi connectivity index (χ1n) is 10.9. The van der Waals surface area contributed by atoms with Gasteiger partial charge in [0.05, 0.1) is 17.5 Å². The number of likely N-dealkylation sites (tertiary alicyclic amines) is 1. The van der Waals surface area contributed by atoms with Crippen LogP contribution >= 0.6 is 0 Å². The second-order valence-corrected chi connectivity index (χ2v) is 8.55. The summed E-state index contributed by atoms with van der Waals surface area (Å²) in [6.45, 7) is 5.62. The Balaban J connectivity index is 1.55. The molecule has 0 unspecified atom stereocenters. The number of hydrazone groups is 1. The summed E-state index contributed by atoms with van der Waals surface area (Å²) in [6, 6.07) is 1.84. The number of hydrogen-bond donors (Lipinski definition) is 1. The first kappa shape index (κ1) is 21.4. The minimum Gasteiger partial charge on any atom is -0.469 e. The van der Waals surface area contributed by atoms with Crippen LogP contribution in [0.5, 0.6) is 0 Å². The summed E-state index contributed by atoms with van der Waals surface area (Å²) in [5, 5.41) is 4.38. The summed E-state index contributed by atoms with van der Waals surface area (Å²) >= 11 is 0. The smallest absolute Gasteiger partial charge is 0.289 e. The highest BCUT2D eigenvalue weighted by atomic mass is 16.4. The number of carbonyl (C=O) groups excluding carboxylic acids is 2. The van der Waals surface area contributed by atoms with Gasteiger partial charge in [-0.3, -0.25) is 9.59 Å². The lowest BCUT2D eigenvalue weighted by Crippen LogP contribution is -2.44. The van der Waals surface area contributed by atoms with E-state index in [1.807, 2.05) is 18.9 Å². The van der Waals surface area contributed by atoms with Gasteiger partial charge in [0.2, 0.25) is 0 Å². The van der Waals surface area contributed by atoms with Crippen LogP contribution in [-0.2, 0) is 6.42 Å². The number of rotatable bonds is 4. The van der Waals surface area contributed by atoms with Crippen LogP contribution in [0.25, 0.3) is 0 Å². The maximum absolute atomic E-state index is 13.2. The Morgan fingerprint density at radius 2 is 1.97 bits per heavy atom. The van der Waals surface area contributed by atoms with E-state index in [4.69, 9.17) is 8.83 Å². The molecule has 8 nitrogen and oxygen atoms in total. The Kier molecular flexibility index (Phi) is 6.00. The number of hydrogen-bond acceptors (Lipinski definition) is 6. The highest BCUT2D eigenvalue weighted by Crippen LogP contribution is 2.31. The quantitative estimate of drug-likeness (QED) is 0.759. The number of piperidine rings is 1. The van der Waals surface area contributed by atoms with E-state index in [0.29, 0.717) is 17.1 Å². The van der Waals surface area contributed by atoms with Crippen molar-refractivity contribution in [3.63, 3.8) is 0 Å². The lowest BCUT2D eigenvalue weighted by Gasteiger charge is -2.34. The zero-order valence-corrected chi connectivity index (χ0v) is 18.7. The zero-order chi connectivity index (χ0) is 22.1. The summed E-state index contributed by atoms with van der Waals surface area (Å²) in [7, 11) is 3.97. The third kappa shape index (κ3) is 4.17. The number of aryl methyl sites for hydroxylation is 2. The van der Waals surface area contributed by atoms with E-state index in [9.17, 15) is 9.59 Å². The number of nitrogens with one attached hydrogen (secondary N) is 1. The Morgan fingerprint density at radius 1 is 1.23 bits per heavy atom. The fourth-order valence-corrected chi connectivity index (χ4v) is 4.49. The molecule has 1 aliphatic carbocycles. The molecule has 1 aliphatic heterocycles. The molecule has 1 N–H and O–H groups in total. The van der Waals surface area contributed by atoms with Crippen LogP contribution in [0.2, 0.25) is 0 Å². The number of fused-ring (bicyclic) bond motifs is 1. The van der Waals surface area contributed by atoms with Gasteiger partial charge in [0.25, 0.3) is 11.8 Å². The van der Waals surface area contributed by atoms with E-state index in [1.54, 1.807) is 13.0 Å². The maximum Gasteiger partial charge on any atom is 0.289 e. The van der Waals surface area contributed by atoms with Crippen LogP contribution in [0.15, 0.2) is 26.3 Å². The third-order valence-corrected chi connectivity index (χ3v) is 6.47. The van der Waals surface area contributed by atoms with E-state index >= 15 is 0 Å². The highest BCUT2D eigenvalue weighted by molar-refractivity contribution is 6.07. The van der Waals surface area contributed by atoms with Crippen molar-refractivity contribution in [1.82, 2.24) is 15.2 Å². The molecule has 0 radical (unpaired) electrons. The maximum atomic E-state index is 13.2. The largest absolute Gasteiger partial charge is 0.469 e. The van der Waals surface area contributed by atoms with Crippen molar-refractivity contribution in [2.45, 2.75) is 52.0 Å².